The third-order valence-electron chi connectivity index (χ3n) is 2.15. The highest BCUT2D eigenvalue weighted by Crippen LogP contribution is 2.16. The van der Waals surface area contributed by atoms with E-state index < -0.39 is 0 Å². The maximum absolute atomic E-state index is 11.4. The highest BCUT2D eigenvalue weighted by Gasteiger charge is 2.04. The molecule has 1 N–H and O–H groups in total. The minimum absolute atomic E-state index is 0.166. The van der Waals surface area contributed by atoms with Gasteiger partial charge in [0.05, 0.1) is 13.2 Å². The molecule has 0 aliphatic rings. The van der Waals surface area contributed by atoms with Crippen LogP contribution in [-0.4, -0.2) is 26.2 Å². The Labute approximate surface area is 106 Å². The van der Waals surface area contributed by atoms with Crippen LogP contribution in [0.1, 0.15) is 12.0 Å². The molecule has 1 amide bonds. The first-order valence-electron chi connectivity index (χ1n) is 5.37. The van der Waals surface area contributed by atoms with Gasteiger partial charge in [0.1, 0.15) is 0 Å². The van der Waals surface area contributed by atoms with E-state index in [1.165, 1.54) is 0 Å². The summed E-state index contributed by atoms with van der Waals surface area (Å²) in [5.74, 6) is -0.166. The summed E-state index contributed by atoms with van der Waals surface area (Å²) in [4.78, 5) is 16.3. The third kappa shape index (κ3) is 5.68. The van der Waals surface area contributed by atoms with Crippen LogP contribution in [0.5, 0.6) is 0 Å². The molecule has 5 heteroatoms. The van der Waals surface area contributed by atoms with Gasteiger partial charge in [-0.3, -0.25) is 9.63 Å². The topological polar surface area (TPSA) is 47.6 Å². The predicted molar refractivity (Wildman–Crippen MR) is 65.7 cm³/mol. The number of rotatable bonds is 7. The molecule has 0 aromatic heterocycles. The van der Waals surface area contributed by atoms with E-state index in [9.17, 15) is 4.79 Å². The second-order valence-electron chi connectivity index (χ2n) is 3.46. The van der Waals surface area contributed by atoms with Crippen LogP contribution in [0.2, 0.25) is 5.02 Å². The largest absolute Gasteiger partial charge is 0.382 e. The lowest BCUT2D eigenvalue weighted by Gasteiger charge is -2.06. The second-order valence-corrected chi connectivity index (χ2v) is 3.87. The summed E-state index contributed by atoms with van der Waals surface area (Å²) in [7, 11) is 1.57. The van der Waals surface area contributed by atoms with Gasteiger partial charge in [-0.1, -0.05) is 29.8 Å². The van der Waals surface area contributed by atoms with Crippen molar-refractivity contribution in [3.8, 4) is 0 Å². The Morgan fingerprint density at radius 3 is 2.82 bits per heavy atom. The van der Waals surface area contributed by atoms with Crippen LogP contribution >= 0.6 is 11.6 Å². The van der Waals surface area contributed by atoms with Gasteiger partial charge in [-0.15, -0.1) is 0 Å². The normalized spacial score (nSPS) is 10.2. The fourth-order valence-corrected chi connectivity index (χ4v) is 1.49. The van der Waals surface area contributed by atoms with Crippen LogP contribution in [0.25, 0.3) is 0 Å². The van der Waals surface area contributed by atoms with E-state index in [0.717, 1.165) is 5.56 Å². The lowest BCUT2D eigenvalue weighted by atomic mass is 10.1. The van der Waals surface area contributed by atoms with E-state index >= 15 is 0 Å². The molecule has 1 aromatic carbocycles. The molecule has 94 valence electrons. The summed E-state index contributed by atoms with van der Waals surface area (Å²) in [5, 5.41) is 0.681. The number of carbonyl (C=O) groups is 1. The first-order chi connectivity index (χ1) is 8.24. The SMILES string of the molecule is COCCONC(=O)CCc1ccccc1Cl. The van der Waals surface area contributed by atoms with Crippen molar-refractivity contribution in [2.45, 2.75) is 12.8 Å². The molecule has 17 heavy (non-hydrogen) atoms. The molecule has 1 aromatic rings. The Kier molecular flexibility index (Phi) is 6.62. The van der Waals surface area contributed by atoms with Crippen LogP contribution in [0.15, 0.2) is 24.3 Å². The fraction of sp³-hybridized carbons (Fsp3) is 0.417. The molecule has 0 aliphatic carbocycles. The van der Waals surface area contributed by atoms with Crippen molar-refractivity contribution in [1.82, 2.24) is 5.48 Å². The van der Waals surface area contributed by atoms with E-state index in [0.29, 0.717) is 31.1 Å². The van der Waals surface area contributed by atoms with Gasteiger partial charge in [0.25, 0.3) is 0 Å². The number of nitrogens with one attached hydrogen (secondary N) is 1. The number of carbonyl (C=O) groups excluding carboxylic acids is 1. The predicted octanol–water partition coefficient (Wildman–Crippen LogP) is 1.97. The fourth-order valence-electron chi connectivity index (χ4n) is 1.26. The number of amides is 1. The summed E-state index contributed by atoms with van der Waals surface area (Å²) < 4.78 is 4.77. The Morgan fingerprint density at radius 1 is 1.35 bits per heavy atom. The monoisotopic (exact) mass is 257 g/mol. The van der Waals surface area contributed by atoms with Gasteiger partial charge in [-0.05, 0) is 18.1 Å². The number of benzene rings is 1. The van der Waals surface area contributed by atoms with E-state index in [1.807, 2.05) is 24.3 Å². The first-order valence-corrected chi connectivity index (χ1v) is 5.75. The molecule has 0 radical (unpaired) electrons. The summed E-state index contributed by atoms with van der Waals surface area (Å²) in [6.45, 7) is 0.791. The van der Waals surface area contributed by atoms with Gasteiger partial charge in [0, 0.05) is 18.6 Å². The average molecular weight is 258 g/mol. The molecule has 0 saturated heterocycles. The van der Waals surface area contributed by atoms with Gasteiger partial charge in [-0.2, -0.15) is 0 Å². The molecule has 4 nitrogen and oxygen atoms in total. The van der Waals surface area contributed by atoms with Crippen LogP contribution < -0.4 is 5.48 Å². The number of halogens is 1. The average Bonchev–Trinajstić information content (AvgIpc) is 2.34. The molecule has 0 atom stereocenters. The highest BCUT2D eigenvalue weighted by molar-refractivity contribution is 6.31. The highest BCUT2D eigenvalue weighted by atomic mass is 35.5. The van der Waals surface area contributed by atoms with Gasteiger partial charge < -0.3 is 4.74 Å². The Hall–Kier alpha value is -1.10. The van der Waals surface area contributed by atoms with E-state index in [4.69, 9.17) is 21.2 Å². The van der Waals surface area contributed by atoms with E-state index in [1.54, 1.807) is 7.11 Å². The summed E-state index contributed by atoms with van der Waals surface area (Å²) in [6.07, 6.45) is 0.940. The van der Waals surface area contributed by atoms with E-state index in [2.05, 4.69) is 5.48 Å². The maximum atomic E-state index is 11.4. The Bertz CT molecular complexity index is 357. The number of hydrogen-bond acceptors (Lipinski definition) is 3. The van der Waals surface area contributed by atoms with Crippen LogP contribution in [-0.2, 0) is 20.8 Å². The summed E-state index contributed by atoms with van der Waals surface area (Å²) in [6, 6.07) is 7.47. The van der Waals surface area contributed by atoms with Crippen molar-refractivity contribution in [1.29, 1.82) is 0 Å². The number of hydrogen-bond donors (Lipinski definition) is 1. The maximum Gasteiger partial charge on any atom is 0.243 e. The second kappa shape index (κ2) is 8.06. The van der Waals surface area contributed by atoms with Crippen molar-refractivity contribution >= 4 is 17.5 Å². The number of methoxy groups -OCH3 is 1. The Morgan fingerprint density at radius 2 is 2.12 bits per heavy atom. The molecule has 0 unspecified atom stereocenters. The number of aryl methyl sites for hydroxylation is 1. The lowest BCUT2D eigenvalue weighted by molar-refractivity contribution is -0.134. The molecule has 0 bridgehead atoms. The molecule has 0 fully saturated rings. The van der Waals surface area contributed by atoms with E-state index in [-0.39, 0.29) is 5.91 Å². The third-order valence-corrected chi connectivity index (χ3v) is 2.52. The molecular formula is C12H16ClNO3. The van der Waals surface area contributed by atoms with Crippen molar-refractivity contribution in [2.75, 3.05) is 20.3 Å². The summed E-state index contributed by atoms with van der Waals surface area (Å²) >= 11 is 5.97. The van der Waals surface area contributed by atoms with Gasteiger partial charge >= 0.3 is 0 Å². The zero-order valence-electron chi connectivity index (χ0n) is 9.74. The van der Waals surface area contributed by atoms with Crippen LogP contribution in [0, 0.1) is 0 Å². The van der Waals surface area contributed by atoms with Gasteiger partial charge in [0.2, 0.25) is 5.91 Å². The van der Waals surface area contributed by atoms with Crippen LogP contribution in [0.4, 0.5) is 0 Å². The van der Waals surface area contributed by atoms with Crippen molar-refractivity contribution in [3.05, 3.63) is 34.9 Å². The van der Waals surface area contributed by atoms with Gasteiger partial charge in [0.15, 0.2) is 0 Å². The quantitative estimate of drug-likeness (QED) is 0.600. The molecule has 0 heterocycles. The molecule has 0 spiro atoms. The van der Waals surface area contributed by atoms with Gasteiger partial charge in [-0.25, -0.2) is 5.48 Å². The van der Waals surface area contributed by atoms with Crippen LogP contribution in [0.3, 0.4) is 0 Å². The smallest absolute Gasteiger partial charge is 0.243 e. The molecule has 0 saturated carbocycles. The minimum atomic E-state index is -0.166. The first kappa shape index (κ1) is 14.0. The Balaban J connectivity index is 2.22. The minimum Gasteiger partial charge on any atom is -0.382 e. The molecule has 1 rings (SSSR count). The van der Waals surface area contributed by atoms with Crippen molar-refractivity contribution < 1.29 is 14.4 Å². The molecule has 0 aliphatic heterocycles. The summed E-state index contributed by atoms with van der Waals surface area (Å²) in [5.41, 5.74) is 3.30. The zero-order valence-corrected chi connectivity index (χ0v) is 10.5. The lowest BCUT2D eigenvalue weighted by Crippen LogP contribution is -2.25. The van der Waals surface area contributed by atoms with Crippen molar-refractivity contribution in [3.63, 3.8) is 0 Å². The molecular weight excluding hydrogens is 242 g/mol. The number of ether oxygens (including phenoxy) is 1. The van der Waals surface area contributed by atoms with Crippen molar-refractivity contribution in [2.24, 2.45) is 0 Å². The standard InChI is InChI=1S/C12H16ClNO3/c1-16-8-9-17-14-12(15)7-6-10-4-2-3-5-11(10)13/h2-5H,6-9H2,1H3,(H,14,15). The zero-order chi connectivity index (χ0) is 12.5. The number of hydroxylamine groups is 1.